The third-order valence-electron chi connectivity index (χ3n) is 3.26. The van der Waals surface area contributed by atoms with Crippen LogP contribution in [0.5, 0.6) is 0 Å². The Kier molecular flexibility index (Phi) is 8.11. The summed E-state index contributed by atoms with van der Waals surface area (Å²) in [6.45, 7) is 5.61. The van der Waals surface area contributed by atoms with Gasteiger partial charge in [-0.3, -0.25) is 4.79 Å². The molecule has 0 aliphatic rings. The normalized spacial score (nSPS) is 13.3. The number of rotatable bonds is 8. The van der Waals surface area contributed by atoms with Crippen LogP contribution in [0.2, 0.25) is 0 Å². The molecule has 3 N–H and O–H groups in total. The molecule has 0 radical (unpaired) electrons. The van der Waals surface area contributed by atoms with Gasteiger partial charge in [-0.15, -0.1) is 0 Å². The zero-order valence-electron chi connectivity index (χ0n) is 13.9. The van der Waals surface area contributed by atoms with Crippen LogP contribution in [0.15, 0.2) is 30.3 Å². The van der Waals surface area contributed by atoms with Gasteiger partial charge in [-0.05, 0) is 24.8 Å². The lowest BCUT2D eigenvalue weighted by atomic mass is 10.0. The number of amides is 2. The summed E-state index contributed by atoms with van der Waals surface area (Å²) in [6, 6.07) is 8.24. The van der Waals surface area contributed by atoms with E-state index in [-0.39, 0.29) is 25.2 Å². The molecule has 128 valence electrons. The number of nitrogens with one attached hydrogen (secondary N) is 2. The van der Waals surface area contributed by atoms with Crippen molar-refractivity contribution in [3.05, 3.63) is 35.9 Å². The number of carbonyl (C=O) groups excluding carboxylic acids is 2. The van der Waals surface area contributed by atoms with Gasteiger partial charge in [0.15, 0.2) is 0 Å². The summed E-state index contributed by atoms with van der Waals surface area (Å²) in [5, 5.41) is 14.5. The molecule has 1 rings (SSSR count). The van der Waals surface area contributed by atoms with Gasteiger partial charge in [-0.25, -0.2) is 4.79 Å². The minimum atomic E-state index is -0.737. The van der Waals surface area contributed by atoms with Crippen molar-refractivity contribution in [3.8, 4) is 0 Å². The maximum Gasteiger partial charge on any atom is 0.408 e. The van der Waals surface area contributed by atoms with Crippen LogP contribution < -0.4 is 10.6 Å². The Bertz CT molecular complexity index is 491. The van der Waals surface area contributed by atoms with Crippen molar-refractivity contribution in [3.63, 3.8) is 0 Å². The highest BCUT2D eigenvalue weighted by molar-refractivity contribution is 5.85. The first-order valence-electron chi connectivity index (χ1n) is 7.80. The van der Waals surface area contributed by atoms with Gasteiger partial charge in [0.1, 0.15) is 12.6 Å². The number of alkyl carbamates (subject to hydrolysis) is 1. The van der Waals surface area contributed by atoms with Crippen LogP contribution in [0.3, 0.4) is 0 Å². The lowest BCUT2D eigenvalue weighted by Crippen LogP contribution is -2.49. The predicted octanol–water partition coefficient (Wildman–Crippen LogP) is 1.82. The fraction of sp³-hybridized carbons (Fsp3) is 0.529. The molecule has 0 spiro atoms. The Morgan fingerprint density at radius 3 is 2.35 bits per heavy atom. The van der Waals surface area contributed by atoms with Crippen LogP contribution in [0.1, 0.15) is 32.8 Å². The Morgan fingerprint density at radius 2 is 1.78 bits per heavy atom. The van der Waals surface area contributed by atoms with E-state index >= 15 is 0 Å². The van der Waals surface area contributed by atoms with Crippen molar-refractivity contribution in [1.29, 1.82) is 0 Å². The summed E-state index contributed by atoms with van der Waals surface area (Å²) in [7, 11) is 0. The Labute approximate surface area is 137 Å². The Balaban J connectivity index is 2.37. The number of ether oxygens (including phenoxy) is 1. The van der Waals surface area contributed by atoms with Crippen LogP contribution in [0.4, 0.5) is 4.79 Å². The zero-order chi connectivity index (χ0) is 17.2. The number of aliphatic hydroxyl groups is 1. The fourth-order valence-corrected chi connectivity index (χ4v) is 2.08. The molecule has 0 heterocycles. The van der Waals surface area contributed by atoms with Crippen molar-refractivity contribution in [2.24, 2.45) is 5.92 Å². The third kappa shape index (κ3) is 7.65. The van der Waals surface area contributed by atoms with Gasteiger partial charge >= 0.3 is 6.09 Å². The molecule has 1 aromatic rings. The highest BCUT2D eigenvalue weighted by Crippen LogP contribution is 2.04. The van der Waals surface area contributed by atoms with Crippen molar-refractivity contribution in [2.75, 3.05) is 6.61 Å². The van der Waals surface area contributed by atoms with Gasteiger partial charge in [0.2, 0.25) is 5.91 Å². The van der Waals surface area contributed by atoms with Gasteiger partial charge in [0, 0.05) is 0 Å². The van der Waals surface area contributed by atoms with E-state index in [1.807, 2.05) is 44.2 Å². The molecule has 0 bridgehead atoms. The smallest absolute Gasteiger partial charge is 0.408 e. The van der Waals surface area contributed by atoms with Crippen molar-refractivity contribution < 1.29 is 19.4 Å². The second kappa shape index (κ2) is 9.84. The first kappa shape index (κ1) is 19.0. The summed E-state index contributed by atoms with van der Waals surface area (Å²) < 4.78 is 5.07. The van der Waals surface area contributed by atoms with E-state index in [9.17, 15) is 14.7 Å². The van der Waals surface area contributed by atoms with E-state index in [0.29, 0.717) is 12.3 Å². The van der Waals surface area contributed by atoms with Crippen LogP contribution in [0, 0.1) is 5.92 Å². The average Bonchev–Trinajstić information content (AvgIpc) is 2.52. The van der Waals surface area contributed by atoms with Crippen LogP contribution in [-0.4, -0.2) is 35.8 Å². The summed E-state index contributed by atoms with van der Waals surface area (Å²) in [5.41, 5.74) is 0.872. The molecule has 2 atom stereocenters. The molecule has 0 saturated carbocycles. The lowest BCUT2D eigenvalue weighted by Gasteiger charge is -2.21. The number of aliphatic hydroxyl groups excluding tert-OH is 1. The molecule has 6 heteroatoms. The highest BCUT2D eigenvalue weighted by Gasteiger charge is 2.20. The molecule has 1 aromatic carbocycles. The largest absolute Gasteiger partial charge is 0.445 e. The minimum Gasteiger partial charge on any atom is -0.445 e. The fourth-order valence-electron chi connectivity index (χ4n) is 2.08. The summed E-state index contributed by atoms with van der Waals surface area (Å²) in [5.74, 6) is 0.00733. The first-order chi connectivity index (χ1) is 10.9. The molecular weight excluding hydrogens is 296 g/mol. The SMILES string of the molecule is CC(C)C[C@@H](CO)NC(=O)[C@@H](C)NC(=O)OCc1ccccc1. The maximum absolute atomic E-state index is 12.0. The van der Waals surface area contributed by atoms with E-state index in [1.165, 1.54) is 0 Å². The lowest BCUT2D eigenvalue weighted by molar-refractivity contribution is -0.123. The topological polar surface area (TPSA) is 87.7 Å². The van der Waals surface area contributed by atoms with Crippen molar-refractivity contribution >= 4 is 12.0 Å². The highest BCUT2D eigenvalue weighted by atomic mass is 16.5. The zero-order valence-corrected chi connectivity index (χ0v) is 13.9. The van der Waals surface area contributed by atoms with Crippen molar-refractivity contribution in [2.45, 2.75) is 45.9 Å². The maximum atomic E-state index is 12.0. The Morgan fingerprint density at radius 1 is 1.13 bits per heavy atom. The molecule has 0 saturated heterocycles. The van der Waals surface area contributed by atoms with Gasteiger partial charge in [-0.2, -0.15) is 0 Å². The molecule has 2 amide bonds. The summed E-state index contributed by atoms with van der Waals surface area (Å²) >= 11 is 0. The van der Waals surface area contributed by atoms with Crippen LogP contribution in [-0.2, 0) is 16.1 Å². The molecule has 0 aliphatic heterocycles. The van der Waals surface area contributed by atoms with Gasteiger partial charge in [-0.1, -0.05) is 44.2 Å². The van der Waals surface area contributed by atoms with E-state index in [0.717, 1.165) is 5.56 Å². The molecule has 0 unspecified atom stereocenters. The van der Waals surface area contributed by atoms with Gasteiger partial charge < -0.3 is 20.5 Å². The quantitative estimate of drug-likeness (QED) is 0.681. The molecule has 23 heavy (non-hydrogen) atoms. The average molecular weight is 322 g/mol. The molecule has 0 fully saturated rings. The van der Waals surface area contributed by atoms with Crippen LogP contribution in [0.25, 0.3) is 0 Å². The molecule has 6 nitrogen and oxygen atoms in total. The standard InChI is InChI=1S/C17H26N2O4/c1-12(2)9-15(10-20)19-16(21)13(3)18-17(22)23-11-14-7-5-4-6-8-14/h4-8,12-13,15,20H,9-11H2,1-3H3,(H,18,22)(H,19,21)/t13-,15+/m1/s1. The van der Waals surface area contributed by atoms with Crippen molar-refractivity contribution in [1.82, 2.24) is 10.6 Å². The number of hydrogen-bond donors (Lipinski definition) is 3. The number of benzene rings is 1. The second-order valence-electron chi connectivity index (χ2n) is 5.95. The molecular formula is C17H26N2O4. The molecule has 0 aromatic heterocycles. The first-order valence-corrected chi connectivity index (χ1v) is 7.80. The van der Waals surface area contributed by atoms with E-state index in [1.54, 1.807) is 6.92 Å². The summed E-state index contributed by atoms with van der Waals surface area (Å²) in [6.07, 6.45) is 0.0221. The third-order valence-corrected chi connectivity index (χ3v) is 3.26. The van der Waals surface area contributed by atoms with E-state index in [2.05, 4.69) is 10.6 Å². The van der Waals surface area contributed by atoms with Crippen LogP contribution >= 0.6 is 0 Å². The predicted molar refractivity (Wildman–Crippen MR) is 87.7 cm³/mol. The molecule has 0 aliphatic carbocycles. The Hall–Kier alpha value is -2.08. The minimum absolute atomic E-state index is 0.130. The van der Waals surface area contributed by atoms with E-state index < -0.39 is 12.1 Å². The summed E-state index contributed by atoms with van der Waals surface area (Å²) in [4.78, 5) is 23.7. The second-order valence-corrected chi connectivity index (χ2v) is 5.95. The number of carbonyl (C=O) groups is 2. The van der Waals surface area contributed by atoms with Gasteiger partial charge in [0.25, 0.3) is 0 Å². The van der Waals surface area contributed by atoms with E-state index in [4.69, 9.17) is 4.74 Å². The van der Waals surface area contributed by atoms with Gasteiger partial charge in [0.05, 0.1) is 12.6 Å². The monoisotopic (exact) mass is 322 g/mol. The number of hydrogen-bond acceptors (Lipinski definition) is 4.